The molecule has 1 aromatic heterocycles. The number of alkyl halides is 3. The van der Waals surface area contributed by atoms with Crippen LogP contribution in [0.2, 0.25) is 0 Å². The van der Waals surface area contributed by atoms with E-state index in [1.54, 1.807) is 10.9 Å². The lowest BCUT2D eigenvalue weighted by atomic mass is 10.1. The molecule has 5 nitrogen and oxygen atoms in total. The first-order valence-corrected chi connectivity index (χ1v) is 6.29. The van der Waals surface area contributed by atoms with Crippen LogP contribution < -0.4 is 5.32 Å². The van der Waals surface area contributed by atoms with Crippen molar-refractivity contribution >= 4 is 22.7 Å². The van der Waals surface area contributed by atoms with Gasteiger partial charge in [0.2, 0.25) is 0 Å². The molecule has 0 fully saturated rings. The van der Waals surface area contributed by atoms with E-state index in [1.807, 2.05) is 0 Å². The fourth-order valence-corrected chi connectivity index (χ4v) is 2.08. The number of nitro groups is 1. The van der Waals surface area contributed by atoms with E-state index in [0.717, 1.165) is 12.1 Å². The highest BCUT2D eigenvalue weighted by molar-refractivity contribution is 7.07. The Morgan fingerprint density at radius 1 is 1.40 bits per heavy atom. The van der Waals surface area contributed by atoms with Crippen molar-refractivity contribution in [2.24, 2.45) is 0 Å². The molecule has 0 radical (unpaired) electrons. The average Bonchev–Trinajstić information content (AvgIpc) is 2.88. The van der Waals surface area contributed by atoms with Crippen molar-refractivity contribution in [1.82, 2.24) is 4.98 Å². The van der Waals surface area contributed by atoms with Gasteiger partial charge in [-0.25, -0.2) is 4.98 Å². The van der Waals surface area contributed by atoms with Gasteiger partial charge in [-0.1, -0.05) is 0 Å². The standard InChI is InChI=1S/C11H8F3N3O2S/c12-11(13,14)7-1-2-9(10(3-7)17(18)19)15-4-8-5-20-6-16-8/h1-3,5-6,15H,4H2. The monoisotopic (exact) mass is 303 g/mol. The van der Waals surface area contributed by atoms with Crippen LogP contribution in [0.1, 0.15) is 11.3 Å². The highest BCUT2D eigenvalue weighted by atomic mass is 32.1. The van der Waals surface area contributed by atoms with Crippen molar-refractivity contribution in [2.75, 3.05) is 5.32 Å². The third kappa shape index (κ3) is 3.23. The van der Waals surface area contributed by atoms with E-state index in [-0.39, 0.29) is 12.2 Å². The molecule has 0 aliphatic rings. The molecule has 1 N–H and O–H groups in total. The molecule has 9 heteroatoms. The molecule has 1 aromatic carbocycles. The Bertz CT molecular complexity index is 614. The summed E-state index contributed by atoms with van der Waals surface area (Å²) < 4.78 is 37.6. The molecule has 2 aromatic rings. The van der Waals surface area contributed by atoms with E-state index in [9.17, 15) is 23.3 Å². The number of anilines is 1. The van der Waals surface area contributed by atoms with Crippen molar-refractivity contribution in [2.45, 2.75) is 12.7 Å². The predicted molar refractivity (Wildman–Crippen MR) is 67.5 cm³/mol. The maximum atomic E-state index is 12.5. The van der Waals surface area contributed by atoms with E-state index in [0.29, 0.717) is 11.8 Å². The van der Waals surface area contributed by atoms with Crippen LogP contribution in [0.4, 0.5) is 24.5 Å². The zero-order chi connectivity index (χ0) is 14.8. The number of hydrogen-bond acceptors (Lipinski definition) is 5. The maximum absolute atomic E-state index is 12.5. The lowest BCUT2D eigenvalue weighted by Crippen LogP contribution is -2.08. The molecule has 20 heavy (non-hydrogen) atoms. The molecule has 0 amide bonds. The summed E-state index contributed by atoms with van der Waals surface area (Å²) >= 11 is 1.36. The highest BCUT2D eigenvalue weighted by Crippen LogP contribution is 2.35. The van der Waals surface area contributed by atoms with Crippen LogP contribution in [0, 0.1) is 10.1 Å². The quantitative estimate of drug-likeness (QED) is 0.691. The number of nitrogens with zero attached hydrogens (tertiary/aromatic N) is 2. The number of nitrogens with one attached hydrogen (secondary N) is 1. The zero-order valence-electron chi connectivity index (χ0n) is 9.85. The van der Waals surface area contributed by atoms with Gasteiger partial charge in [-0.15, -0.1) is 11.3 Å². The second kappa shape index (κ2) is 5.45. The minimum atomic E-state index is -4.61. The van der Waals surface area contributed by atoms with Crippen molar-refractivity contribution in [3.8, 4) is 0 Å². The van der Waals surface area contributed by atoms with Crippen LogP contribution in [0.25, 0.3) is 0 Å². The third-order valence-corrected chi connectivity index (χ3v) is 3.10. The molecule has 0 aliphatic heterocycles. The first-order valence-electron chi connectivity index (χ1n) is 5.34. The molecule has 1 heterocycles. The minimum Gasteiger partial charge on any atom is -0.374 e. The summed E-state index contributed by atoms with van der Waals surface area (Å²) in [5.74, 6) is 0. The van der Waals surface area contributed by atoms with Crippen LogP contribution in [0.5, 0.6) is 0 Å². The second-order valence-electron chi connectivity index (χ2n) is 3.82. The first kappa shape index (κ1) is 14.3. The molecule has 0 atom stereocenters. The Balaban J connectivity index is 2.26. The number of halogens is 3. The zero-order valence-corrected chi connectivity index (χ0v) is 10.7. The Kier molecular flexibility index (Phi) is 3.89. The molecule has 0 unspecified atom stereocenters. The van der Waals surface area contributed by atoms with E-state index < -0.39 is 22.4 Å². The van der Waals surface area contributed by atoms with Crippen LogP contribution in [-0.2, 0) is 12.7 Å². The number of rotatable bonds is 4. The number of aromatic nitrogens is 1. The van der Waals surface area contributed by atoms with Crippen molar-refractivity contribution in [3.63, 3.8) is 0 Å². The van der Waals surface area contributed by atoms with Gasteiger partial charge >= 0.3 is 6.18 Å². The first-order chi connectivity index (χ1) is 9.38. The molecule has 0 saturated heterocycles. The van der Waals surface area contributed by atoms with E-state index in [4.69, 9.17) is 0 Å². The molecular formula is C11H8F3N3O2S. The van der Waals surface area contributed by atoms with E-state index >= 15 is 0 Å². The molecule has 0 saturated carbocycles. The molecule has 0 spiro atoms. The Hall–Kier alpha value is -2.16. The molecule has 2 rings (SSSR count). The lowest BCUT2D eigenvalue weighted by Gasteiger charge is -2.09. The fourth-order valence-electron chi connectivity index (χ4n) is 1.52. The molecular weight excluding hydrogens is 295 g/mol. The minimum absolute atomic E-state index is 0.0241. The number of hydrogen-bond donors (Lipinski definition) is 1. The Labute approximate surface area is 115 Å². The van der Waals surface area contributed by atoms with Gasteiger partial charge in [-0.05, 0) is 12.1 Å². The number of benzene rings is 1. The van der Waals surface area contributed by atoms with Crippen molar-refractivity contribution < 1.29 is 18.1 Å². The average molecular weight is 303 g/mol. The summed E-state index contributed by atoms with van der Waals surface area (Å²) in [7, 11) is 0. The van der Waals surface area contributed by atoms with Gasteiger partial charge in [-0.3, -0.25) is 10.1 Å². The van der Waals surface area contributed by atoms with Crippen LogP contribution in [0.15, 0.2) is 29.1 Å². The van der Waals surface area contributed by atoms with Gasteiger partial charge in [0.05, 0.1) is 28.2 Å². The van der Waals surface area contributed by atoms with Gasteiger partial charge in [0.1, 0.15) is 5.69 Å². The van der Waals surface area contributed by atoms with Gasteiger partial charge < -0.3 is 5.32 Å². The summed E-state index contributed by atoms with van der Waals surface area (Å²) in [5.41, 5.74) is 0.608. The van der Waals surface area contributed by atoms with Crippen LogP contribution >= 0.6 is 11.3 Å². The summed E-state index contributed by atoms with van der Waals surface area (Å²) in [6.45, 7) is 0.204. The van der Waals surface area contributed by atoms with E-state index in [1.165, 1.54) is 11.3 Å². The third-order valence-electron chi connectivity index (χ3n) is 2.47. The smallest absolute Gasteiger partial charge is 0.374 e. The summed E-state index contributed by atoms with van der Waals surface area (Å²) in [6, 6.07) is 2.37. The summed E-state index contributed by atoms with van der Waals surface area (Å²) in [5, 5.41) is 15.3. The number of thiazole rings is 1. The predicted octanol–water partition coefficient (Wildman–Crippen LogP) is 3.68. The van der Waals surface area contributed by atoms with Gasteiger partial charge in [0, 0.05) is 11.4 Å². The topological polar surface area (TPSA) is 68.1 Å². The molecule has 0 aliphatic carbocycles. The van der Waals surface area contributed by atoms with Crippen LogP contribution in [-0.4, -0.2) is 9.91 Å². The van der Waals surface area contributed by atoms with Crippen LogP contribution in [0.3, 0.4) is 0 Å². The van der Waals surface area contributed by atoms with Crippen molar-refractivity contribution in [3.05, 3.63) is 50.5 Å². The van der Waals surface area contributed by atoms with Gasteiger partial charge in [0.15, 0.2) is 0 Å². The molecule has 106 valence electrons. The normalized spacial score (nSPS) is 11.3. The summed E-state index contributed by atoms with van der Waals surface area (Å²) in [4.78, 5) is 14.0. The van der Waals surface area contributed by atoms with Gasteiger partial charge in [0.25, 0.3) is 5.69 Å². The van der Waals surface area contributed by atoms with Crippen molar-refractivity contribution in [1.29, 1.82) is 0 Å². The Morgan fingerprint density at radius 2 is 2.15 bits per heavy atom. The SMILES string of the molecule is O=[N+]([O-])c1cc(C(F)(F)F)ccc1NCc1cscn1. The van der Waals surface area contributed by atoms with Gasteiger partial charge in [-0.2, -0.15) is 13.2 Å². The molecule has 0 bridgehead atoms. The maximum Gasteiger partial charge on any atom is 0.416 e. The number of nitro benzene ring substituents is 1. The fraction of sp³-hybridized carbons (Fsp3) is 0.182. The summed E-state index contributed by atoms with van der Waals surface area (Å²) in [6.07, 6.45) is -4.61. The second-order valence-corrected chi connectivity index (χ2v) is 4.54. The Morgan fingerprint density at radius 3 is 2.70 bits per heavy atom. The van der Waals surface area contributed by atoms with E-state index in [2.05, 4.69) is 10.3 Å². The highest BCUT2D eigenvalue weighted by Gasteiger charge is 2.32. The largest absolute Gasteiger partial charge is 0.416 e. The lowest BCUT2D eigenvalue weighted by molar-refractivity contribution is -0.384.